The Labute approximate surface area is 104 Å². The van der Waals surface area contributed by atoms with Crippen LogP contribution in [0, 0.1) is 0 Å². The van der Waals surface area contributed by atoms with Crippen molar-refractivity contribution in [1.29, 1.82) is 0 Å². The SMILES string of the molecule is CC(C)NC(=O)CN(C1CCCC1)S(C)(=O)=O. The lowest BCUT2D eigenvalue weighted by atomic mass is 10.2. The maximum absolute atomic E-state index is 11.7. The zero-order valence-corrected chi connectivity index (χ0v) is 11.6. The maximum Gasteiger partial charge on any atom is 0.235 e. The summed E-state index contributed by atoms with van der Waals surface area (Å²) in [6, 6.07) is 0.0374. The molecule has 0 aromatic rings. The number of rotatable bonds is 5. The Bertz CT molecular complexity index is 359. The van der Waals surface area contributed by atoms with Gasteiger partial charge in [-0.3, -0.25) is 4.79 Å². The largest absolute Gasteiger partial charge is 0.353 e. The number of nitrogens with zero attached hydrogens (tertiary/aromatic N) is 1. The molecule has 1 aliphatic carbocycles. The second kappa shape index (κ2) is 5.82. The molecule has 0 spiro atoms. The average Bonchev–Trinajstić information content (AvgIpc) is 2.63. The highest BCUT2D eigenvalue weighted by Gasteiger charge is 2.30. The molecule has 0 aromatic heterocycles. The normalized spacial score (nSPS) is 17.9. The van der Waals surface area contributed by atoms with Crippen LogP contribution in [-0.4, -0.2) is 43.5 Å². The van der Waals surface area contributed by atoms with E-state index in [0.717, 1.165) is 25.7 Å². The van der Waals surface area contributed by atoms with Gasteiger partial charge in [0.15, 0.2) is 0 Å². The molecular weight excluding hydrogens is 240 g/mol. The molecule has 1 N–H and O–H groups in total. The van der Waals surface area contributed by atoms with E-state index in [2.05, 4.69) is 5.32 Å². The molecule has 5 nitrogen and oxygen atoms in total. The lowest BCUT2D eigenvalue weighted by Gasteiger charge is -2.26. The molecule has 1 aliphatic rings. The summed E-state index contributed by atoms with van der Waals surface area (Å²) in [5, 5.41) is 2.72. The Kier molecular flexibility index (Phi) is 4.94. The second-order valence-corrected chi connectivity index (χ2v) is 6.90. The molecule has 1 amide bonds. The van der Waals surface area contributed by atoms with Crippen LogP contribution in [0.2, 0.25) is 0 Å². The minimum absolute atomic E-state index is 0.00270. The fourth-order valence-electron chi connectivity index (χ4n) is 2.22. The van der Waals surface area contributed by atoms with Gasteiger partial charge in [-0.15, -0.1) is 0 Å². The molecule has 6 heteroatoms. The molecule has 0 atom stereocenters. The van der Waals surface area contributed by atoms with Crippen LogP contribution in [-0.2, 0) is 14.8 Å². The summed E-state index contributed by atoms with van der Waals surface area (Å²) < 4.78 is 24.7. The monoisotopic (exact) mass is 262 g/mol. The van der Waals surface area contributed by atoms with Gasteiger partial charge in [0.25, 0.3) is 0 Å². The maximum atomic E-state index is 11.7. The molecule has 0 aromatic carbocycles. The zero-order valence-electron chi connectivity index (χ0n) is 10.8. The van der Waals surface area contributed by atoms with E-state index in [1.165, 1.54) is 10.6 Å². The second-order valence-electron chi connectivity index (χ2n) is 4.97. The molecule has 0 saturated heterocycles. The van der Waals surface area contributed by atoms with Gasteiger partial charge in [0.2, 0.25) is 15.9 Å². The van der Waals surface area contributed by atoms with Gasteiger partial charge in [0.1, 0.15) is 0 Å². The number of hydrogen-bond acceptors (Lipinski definition) is 3. The average molecular weight is 262 g/mol. The van der Waals surface area contributed by atoms with Gasteiger partial charge in [0.05, 0.1) is 12.8 Å². The van der Waals surface area contributed by atoms with Gasteiger partial charge in [-0.2, -0.15) is 4.31 Å². The van der Waals surface area contributed by atoms with Crippen LogP contribution in [0.4, 0.5) is 0 Å². The topological polar surface area (TPSA) is 66.5 Å². The fraction of sp³-hybridized carbons (Fsp3) is 0.909. The van der Waals surface area contributed by atoms with E-state index < -0.39 is 10.0 Å². The zero-order chi connectivity index (χ0) is 13.1. The number of carbonyl (C=O) groups excluding carboxylic acids is 1. The van der Waals surface area contributed by atoms with Crippen LogP contribution in [0.15, 0.2) is 0 Å². The Morgan fingerprint density at radius 1 is 1.35 bits per heavy atom. The van der Waals surface area contributed by atoms with Crippen molar-refractivity contribution in [2.24, 2.45) is 0 Å². The first kappa shape index (κ1) is 14.4. The van der Waals surface area contributed by atoms with Crippen molar-refractivity contribution in [2.75, 3.05) is 12.8 Å². The van der Waals surface area contributed by atoms with Gasteiger partial charge in [0, 0.05) is 12.1 Å². The molecule has 1 fully saturated rings. The molecular formula is C11H22N2O3S. The summed E-state index contributed by atoms with van der Waals surface area (Å²) in [7, 11) is -3.31. The Morgan fingerprint density at radius 3 is 2.29 bits per heavy atom. The van der Waals surface area contributed by atoms with Crippen LogP contribution < -0.4 is 5.32 Å². The molecule has 0 aliphatic heterocycles. The lowest BCUT2D eigenvalue weighted by molar-refractivity contribution is -0.122. The first-order valence-corrected chi connectivity index (χ1v) is 7.91. The predicted molar refractivity (Wildman–Crippen MR) is 67.1 cm³/mol. The molecule has 0 bridgehead atoms. The molecule has 0 radical (unpaired) electrons. The first-order valence-electron chi connectivity index (χ1n) is 6.07. The highest BCUT2D eigenvalue weighted by atomic mass is 32.2. The molecule has 0 heterocycles. The molecule has 0 unspecified atom stereocenters. The summed E-state index contributed by atoms with van der Waals surface area (Å²) in [5.41, 5.74) is 0. The summed E-state index contributed by atoms with van der Waals surface area (Å²) >= 11 is 0. The minimum Gasteiger partial charge on any atom is -0.353 e. The van der Waals surface area contributed by atoms with E-state index in [1.807, 2.05) is 13.8 Å². The number of nitrogens with one attached hydrogen (secondary N) is 1. The Balaban J connectivity index is 2.68. The van der Waals surface area contributed by atoms with E-state index in [4.69, 9.17) is 0 Å². The van der Waals surface area contributed by atoms with Gasteiger partial charge >= 0.3 is 0 Å². The van der Waals surface area contributed by atoms with Crippen LogP contribution >= 0.6 is 0 Å². The van der Waals surface area contributed by atoms with Crippen molar-refractivity contribution < 1.29 is 13.2 Å². The van der Waals surface area contributed by atoms with Gasteiger partial charge in [-0.05, 0) is 26.7 Å². The van der Waals surface area contributed by atoms with Crippen molar-refractivity contribution >= 4 is 15.9 Å². The molecule has 1 saturated carbocycles. The van der Waals surface area contributed by atoms with E-state index in [-0.39, 0.29) is 24.5 Å². The van der Waals surface area contributed by atoms with Gasteiger partial charge in [-0.1, -0.05) is 12.8 Å². The van der Waals surface area contributed by atoms with Gasteiger partial charge in [-0.25, -0.2) is 8.42 Å². The standard InChI is InChI=1S/C11H22N2O3S/c1-9(2)12-11(14)8-13(17(3,15)16)10-6-4-5-7-10/h9-10H,4-8H2,1-3H3,(H,12,14). The molecule has 1 rings (SSSR count). The van der Waals surface area contributed by atoms with Crippen molar-refractivity contribution in [2.45, 2.75) is 51.6 Å². The number of carbonyl (C=O) groups is 1. The highest BCUT2D eigenvalue weighted by molar-refractivity contribution is 7.88. The van der Waals surface area contributed by atoms with Gasteiger partial charge < -0.3 is 5.32 Å². The third-order valence-electron chi connectivity index (χ3n) is 2.91. The van der Waals surface area contributed by atoms with Crippen molar-refractivity contribution in [1.82, 2.24) is 9.62 Å². The number of sulfonamides is 1. The summed E-state index contributed by atoms with van der Waals surface area (Å²) in [4.78, 5) is 11.7. The summed E-state index contributed by atoms with van der Waals surface area (Å²) in [6.07, 6.45) is 4.99. The first-order chi connectivity index (χ1) is 7.80. The van der Waals surface area contributed by atoms with Crippen molar-refractivity contribution in [3.8, 4) is 0 Å². The molecule has 17 heavy (non-hydrogen) atoms. The number of amides is 1. The van der Waals surface area contributed by atoms with E-state index in [0.29, 0.717) is 0 Å². The van der Waals surface area contributed by atoms with Crippen molar-refractivity contribution in [3.63, 3.8) is 0 Å². The fourth-order valence-corrected chi connectivity index (χ4v) is 3.32. The minimum atomic E-state index is -3.31. The summed E-state index contributed by atoms with van der Waals surface area (Å²) in [5.74, 6) is -0.225. The molecule has 100 valence electrons. The van der Waals surface area contributed by atoms with Crippen LogP contribution in [0.3, 0.4) is 0 Å². The highest BCUT2D eigenvalue weighted by Crippen LogP contribution is 2.24. The lowest BCUT2D eigenvalue weighted by Crippen LogP contribution is -2.46. The Morgan fingerprint density at radius 2 is 1.88 bits per heavy atom. The third kappa shape index (κ3) is 4.63. The quantitative estimate of drug-likeness (QED) is 0.793. The van der Waals surface area contributed by atoms with Crippen molar-refractivity contribution in [3.05, 3.63) is 0 Å². The van der Waals surface area contributed by atoms with Crippen LogP contribution in [0.25, 0.3) is 0 Å². The van der Waals surface area contributed by atoms with Crippen LogP contribution in [0.1, 0.15) is 39.5 Å². The van der Waals surface area contributed by atoms with E-state index in [1.54, 1.807) is 0 Å². The Hall–Kier alpha value is -0.620. The van der Waals surface area contributed by atoms with Crippen LogP contribution in [0.5, 0.6) is 0 Å². The number of hydrogen-bond donors (Lipinski definition) is 1. The third-order valence-corrected chi connectivity index (χ3v) is 4.19. The summed E-state index contributed by atoms with van der Waals surface area (Å²) in [6.45, 7) is 3.66. The van der Waals surface area contributed by atoms with E-state index in [9.17, 15) is 13.2 Å². The predicted octanol–water partition coefficient (Wildman–Crippen LogP) is 0.715. The smallest absolute Gasteiger partial charge is 0.235 e. The van der Waals surface area contributed by atoms with E-state index >= 15 is 0 Å².